The van der Waals surface area contributed by atoms with Crippen LogP contribution in [-0.2, 0) is 10.8 Å². The van der Waals surface area contributed by atoms with Gasteiger partial charge in [-0.25, -0.2) is 0 Å². The van der Waals surface area contributed by atoms with Gasteiger partial charge in [0.1, 0.15) is 0 Å². The molecule has 2 aliphatic carbocycles. The average Bonchev–Trinajstić information content (AvgIpc) is 3.50. The molecule has 1 aromatic heterocycles. The van der Waals surface area contributed by atoms with Crippen molar-refractivity contribution in [1.82, 2.24) is 4.57 Å². The lowest BCUT2D eigenvalue weighted by atomic mass is 9.70. The molecule has 1 unspecified atom stereocenters. The first kappa shape index (κ1) is 21.9. The van der Waals surface area contributed by atoms with Crippen LogP contribution >= 0.6 is 0 Å². The first-order valence-electron chi connectivity index (χ1n) is 13.8. The Labute approximate surface area is 224 Å². The molecule has 0 fully saturated rings. The van der Waals surface area contributed by atoms with Crippen LogP contribution < -0.4 is 0 Å². The zero-order valence-electron chi connectivity index (χ0n) is 22.5. The molecule has 1 nitrogen and oxygen atoms in total. The SMILES string of the molecule is Cc1ccc(C)c2c1C(C)(C)CC21c2ccccc2-c2ccc(-n3c4ccccc4c4ccccc43)cc21. The van der Waals surface area contributed by atoms with Crippen molar-refractivity contribution < 1.29 is 0 Å². The molecule has 38 heavy (non-hydrogen) atoms. The maximum atomic E-state index is 2.52. The highest BCUT2D eigenvalue weighted by molar-refractivity contribution is 6.09. The molecule has 0 radical (unpaired) electrons. The topological polar surface area (TPSA) is 4.93 Å². The van der Waals surface area contributed by atoms with Gasteiger partial charge in [-0.3, -0.25) is 0 Å². The molecule has 0 saturated heterocycles. The number of hydrogen-bond acceptors (Lipinski definition) is 0. The summed E-state index contributed by atoms with van der Waals surface area (Å²) in [6.07, 6.45) is 1.08. The van der Waals surface area contributed by atoms with Crippen LogP contribution in [0.25, 0.3) is 38.6 Å². The molecule has 1 heterocycles. The monoisotopic (exact) mass is 489 g/mol. The van der Waals surface area contributed by atoms with E-state index in [1.165, 1.54) is 66.4 Å². The maximum absolute atomic E-state index is 2.52. The van der Waals surface area contributed by atoms with Gasteiger partial charge in [0, 0.05) is 21.9 Å². The largest absolute Gasteiger partial charge is 0.309 e. The second kappa shape index (κ2) is 7.26. The Bertz CT molecular complexity index is 1900. The Hall–Kier alpha value is -4.10. The molecular weight excluding hydrogens is 458 g/mol. The van der Waals surface area contributed by atoms with E-state index in [0.717, 1.165) is 6.42 Å². The lowest BCUT2D eigenvalue weighted by molar-refractivity contribution is 0.448. The van der Waals surface area contributed by atoms with E-state index in [-0.39, 0.29) is 10.8 Å². The summed E-state index contributed by atoms with van der Waals surface area (Å²) in [7, 11) is 0. The Kier molecular flexibility index (Phi) is 4.19. The van der Waals surface area contributed by atoms with Gasteiger partial charge in [-0.1, -0.05) is 92.7 Å². The van der Waals surface area contributed by atoms with Crippen molar-refractivity contribution in [3.8, 4) is 16.8 Å². The Morgan fingerprint density at radius 1 is 0.579 bits per heavy atom. The van der Waals surface area contributed by atoms with Gasteiger partial charge in [-0.15, -0.1) is 0 Å². The highest BCUT2D eigenvalue weighted by atomic mass is 15.0. The van der Waals surface area contributed by atoms with Gasteiger partial charge < -0.3 is 4.57 Å². The van der Waals surface area contributed by atoms with Gasteiger partial charge in [0.05, 0.1) is 11.0 Å². The summed E-state index contributed by atoms with van der Waals surface area (Å²) < 4.78 is 2.46. The fourth-order valence-corrected chi connectivity index (χ4v) is 8.23. The molecule has 0 amide bonds. The van der Waals surface area contributed by atoms with Crippen molar-refractivity contribution >= 4 is 21.8 Å². The number of benzene rings is 5. The van der Waals surface area contributed by atoms with Crippen molar-refractivity contribution in [3.63, 3.8) is 0 Å². The molecule has 0 N–H and O–H groups in total. The van der Waals surface area contributed by atoms with Crippen molar-refractivity contribution in [2.45, 2.75) is 44.9 Å². The Balaban J connectivity index is 1.49. The summed E-state index contributed by atoms with van der Waals surface area (Å²) in [5.41, 5.74) is 15.3. The van der Waals surface area contributed by atoms with Crippen LogP contribution in [0.3, 0.4) is 0 Å². The van der Waals surface area contributed by atoms with Gasteiger partial charge in [-0.2, -0.15) is 0 Å². The van der Waals surface area contributed by atoms with Crippen LogP contribution in [0.1, 0.15) is 53.6 Å². The second-order valence-electron chi connectivity index (χ2n) is 12.1. The Morgan fingerprint density at radius 3 is 1.87 bits per heavy atom. The standard InChI is InChI=1S/C37H31N/c1-23-17-18-24(2)35-34(23)36(3,4)22-37(35)30-14-8-5-11-26(30)27-20-19-25(21-31(27)37)38-32-15-9-6-12-28(32)29-13-7-10-16-33(29)38/h5-21H,22H2,1-4H3. The molecule has 0 bridgehead atoms. The molecule has 8 rings (SSSR count). The number of aryl methyl sites for hydroxylation is 2. The van der Waals surface area contributed by atoms with E-state index in [1.807, 2.05) is 0 Å². The molecule has 0 saturated carbocycles. The van der Waals surface area contributed by atoms with E-state index in [0.29, 0.717) is 0 Å². The molecule has 184 valence electrons. The Morgan fingerprint density at radius 2 is 1.16 bits per heavy atom. The third-order valence-corrected chi connectivity index (χ3v) is 9.41. The molecule has 6 aromatic rings. The predicted molar refractivity (Wildman–Crippen MR) is 160 cm³/mol. The van der Waals surface area contributed by atoms with Crippen molar-refractivity contribution in [3.05, 3.63) is 137 Å². The minimum Gasteiger partial charge on any atom is -0.309 e. The summed E-state index contributed by atoms with van der Waals surface area (Å²) in [5, 5.41) is 2.61. The minimum atomic E-state index is -0.143. The van der Waals surface area contributed by atoms with E-state index >= 15 is 0 Å². The summed E-state index contributed by atoms with van der Waals surface area (Å²) in [6, 6.07) is 38.7. The molecule has 1 atom stereocenters. The molecule has 1 spiro atoms. The van der Waals surface area contributed by atoms with Crippen molar-refractivity contribution in [2.24, 2.45) is 0 Å². The highest BCUT2D eigenvalue weighted by Gasteiger charge is 2.55. The van der Waals surface area contributed by atoms with Gasteiger partial charge in [0.25, 0.3) is 0 Å². The van der Waals surface area contributed by atoms with Crippen molar-refractivity contribution in [1.29, 1.82) is 0 Å². The predicted octanol–water partition coefficient (Wildman–Crippen LogP) is 9.40. The van der Waals surface area contributed by atoms with Crippen LogP contribution in [0.4, 0.5) is 0 Å². The molecule has 2 aliphatic rings. The molecular formula is C37H31N. The summed E-state index contributed by atoms with van der Waals surface area (Å²) in [5.74, 6) is 0. The van der Waals surface area contributed by atoms with Crippen LogP contribution in [-0.4, -0.2) is 4.57 Å². The quantitative estimate of drug-likeness (QED) is 0.217. The summed E-state index contributed by atoms with van der Waals surface area (Å²) >= 11 is 0. The van der Waals surface area contributed by atoms with Gasteiger partial charge in [0.2, 0.25) is 0 Å². The lowest BCUT2D eigenvalue weighted by Gasteiger charge is -2.31. The zero-order valence-corrected chi connectivity index (χ0v) is 22.5. The van der Waals surface area contributed by atoms with E-state index in [1.54, 1.807) is 5.56 Å². The van der Waals surface area contributed by atoms with Crippen LogP contribution in [0.2, 0.25) is 0 Å². The fourth-order valence-electron chi connectivity index (χ4n) is 8.23. The molecule has 0 aliphatic heterocycles. The fraction of sp³-hybridized carbons (Fsp3) is 0.189. The van der Waals surface area contributed by atoms with E-state index in [2.05, 4.69) is 135 Å². The number of hydrogen-bond donors (Lipinski definition) is 0. The minimum absolute atomic E-state index is 0.0863. The number of para-hydroxylation sites is 2. The average molecular weight is 490 g/mol. The lowest BCUT2D eigenvalue weighted by Crippen LogP contribution is -2.27. The van der Waals surface area contributed by atoms with Crippen LogP contribution in [0, 0.1) is 13.8 Å². The molecule has 1 heteroatoms. The molecule has 5 aromatic carbocycles. The zero-order chi connectivity index (χ0) is 25.8. The normalized spacial score (nSPS) is 18.7. The highest BCUT2D eigenvalue weighted by Crippen LogP contribution is 2.64. The van der Waals surface area contributed by atoms with Crippen LogP contribution in [0.5, 0.6) is 0 Å². The van der Waals surface area contributed by atoms with Crippen LogP contribution in [0.15, 0.2) is 103 Å². The van der Waals surface area contributed by atoms with E-state index in [4.69, 9.17) is 0 Å². The van der Waals surface area contributed by atoms with E-state index in [9.17, 15) is 0 Å². The number of rotatable bonds is 1. The van der Waals surface area contributed by atoms with Crippen molar-refractivity contribution in [2.75, 3.05) is 0 Å². The number of nitrogens with zero attached hydrogens (tertiary/aromatic N) is 1. The first-order chi connectivity index (χ1) is 18.4. The maximum Gasteiger partial charge on any atom is 0.0541 e. The third kappa shape index (κ3) is 2.57. The van der Waals surface area contributed by atoms with Gasteiger partial charge in [0.15, 0.2) is 0 Å². The second-order valence-corrected chi connectivity index (χ2v) is 12.1. The first-order valence-corrected chi connectivity index (χ1v) is 13.8. The van der Waals surface area contributed by atoms with E-state index < -0.39 is 0 Å². The van der Waals surface area contributed by atoms with Gasteiger partial charge in [-0.05, 0) is 94.5 Å². The van der Waals surface area contributed by atoms with Gasteiger partial charge >= 0.3 is 0 Å². The smallest absolute Gasteiger partial charge is 0.0541 e. The summed E-state index contributed by atoms with van der Waals surface area (Å²) in [4.78, 5) is 0. The summed E-state index contributed by atoms with van der Waals surface area (Å²) in [6.45, 7) is 9.52. The number of fused-ring (bicyclic) bond motifs is 10. The third-order valence-electron chi connectivity index (χ3n) is 9.41. The number of aromatic nitrogens is 1.